The SMILES string of the molecule is COc1ccc(/C=C2/SC(=O)N(CC(=O)Nc3c(C)cc(C)cc3C)C2=O)c(OC)c1. The average Bonchev–Trinajstić information content (AvgIpc) is 2.98. The van der Waals surface area contributed by atoms with Crippen molar-refractivity contribution < 1.29 is 23.9 Å². The molecule has 1 N–H and O–H groups in total. The van der Waals surface area contributed by atoms with Gasteiger partial charge < -0.3 is 14.8 Å². The Hall–Kier alpha value is -3.26. The number of nitrogens with one attached hydrogen (secondary N) is 1. The van der Waals surface area contributed by atoms with Crippen LogP contribution in [0.1, 0.15) is 22.3 Å². The van der Waals surface area contributed by atoms with Crippen molar-refractivity contribution in [3.63, 3.8) is 0 Å². The number of nitrogens with zero attached hydrogens (tertiary/aromatic N) is 1. The molecule has 1 fully saturated rings. The number of ether oxygens (including phenoxy) is 2. The van der Waals surface area contributed by atoms with E-state index in [1.165, 1.54) is 7.11 Å². The molecule has 0 atom stereocenters. The lowest BCUT2D eigenvalue weighted by Crippen LogP contribution is -2.36. The molecular weight excluding hydrogens is 416 g/mol. The summed E-state index contributed by atoms with van der Waals surface area (Å²) in [5.74, 6) is 0.177. The zero-order valence-electron chi connectivity index (χ0n) is 18.1. The molecule has 0 bridgehead atoms. The number of amides is 3. The smallest absolute Gasteiger partial charge is 0.294 e. The van der Waals surface area contributed by atoms with Crippen LogP contribution in [0.15, 0.2) is 35.2 Å². The predicted molar refractivity (Wildman–Crippen MR) is 122 cm³/mol. The van der Waals surface area contributed by atoms with E-state index in [1.807, 2.05) is 32.9 Å². The molecule has 31 heavy (non-hydrogen) atoms. The van der Waals surface area contributed by atoms with Crippen LogP contribution < -0.4 is 14.8 Å². The lowest BCUT2D eigenvalue weighted by Gasteiger charge is -2.16. The third-order valence-electron chi connectivity index (χ3n) is 4.84. The van der Waals surface area contributed by atoms with Crippen molar-refractivity contribution in [2.75, 3.05) is 26.1 Å². The first-order valence-corrected chi connectivity index (χ1v) is 10.4. The van der Waals surface area contributed by atoms with Crippen molar-refractivity contribution in [2.24, 2.45) is 0 Å². The summed E-state index contributed by atoms with van der Waals surface area (Å²) in [4.78, 5) is 38.9. The highest BCUT2D eigenvalue weighted by Crippen LogP contribution is 2.35. The number of benzene rings is 2. The first-order chi connectivity index (χ1) is 14.7. The van der Waals surface area contributed by atoms with Crippen molar-refractivity contribution in [1.29, 1.82) is 0 Å². The maximum Gasteiger partial charge on any atom is 0.294 e. The van der Waals surface area contributed by atoms with Gasteiger partial charge in [0, 0.05) is 17.3 Å². The number of carbonyl (C=O) groups excluding carboxylic acids is 3. The Bertz CT molecular complexity index is 1070. The summed E-state index contributed by atoms with van der Waals surface area (Å²) in [5, 5.41) is 2.33. The molecule has 3 rings (SSSR count). The number of hydrogen-bond acceptors (Lipinski definition) is 6. The second-order valence-corrected chi connectivity index (χ2v) is 8.19. The quantitative estimate of drug-likeness (QED) is 0.674. The van der Waals surface area contributed by atoms with Crippen LogP contribution in [0, 0.1) is 20.8 Å². The number of aryl methyl sites for hydroxylation is 3. The Morgan fingerprint density at radius 2 is 1.74 bits per heavy atom. The summed E-state index contributed by atoms with van der Waals surface area (Å²) >= 11 is 0.794. The zero-order chi connectivity index (χ0) is 22.7. The van der Waals surface area contributed by atoms with Crippen LogP contribution in [-0.4, -0.2) is 42.7 Å². The van der Waals surface area contributed by atoms with E-state index in [1.54, 1.807) is 31.4 Å². The summed E-state index contributed by atoms with van der Waals surface area (Å²) in [7, 11) is 3.06. The fourth-order valence-corrected chi connectivity index (χ4v) is 4.24. The van der Waals surface area contributed by atoms with Gasteiger partial charge in [-0.3, -0.25) is 19.3 Å². The second-order valence-electron chi connectivity index (χ2n) is 7.20. The molecule has 1 heterocycles. The summed E-state index contributed by atoms with van der Waals surface area (Å²) in [6, 6.07) is 9.09. The van der Waals surface area contributed by atoms with E-state index in [-0.39, 0.29) is 11.4 Å². The Balaban J connectivity index is 1.76. The van der Waals surface area contributed by atoms with Gasteiger partial charge in [0.1, 0.15) is 18.0 Å². The van der Waals surface area contributed by atoms with Gasteiger partial charge in [-0.25, -0.2) is 0 Å². The molecule has 0 unspecified atom stereocenters. The van der Waals surface area contributed by atoms with E-state index in [0.717, 1.165) is 33.4 Å². The minimum Gasteiger partial charge on any atom is -0.497 e. The predicted octanol–water partition coefficient (Wildman–Crippen LogP) is 4.30. The van der Waals surface area contributed by atoms with Crippen LogP contribution in [-0.2, 0) is 9.59 Å². The van der Waals surface area contributed by atoms with E-state index in [0.29, 0.717) is 22.7 Å². The summed E-state index contributed by atoms with van der Waals surface area (Å²) < 4.78 is 10.5. The molecule has 1 aliphatic rings. The number of imide groups is 1. The molecule has 162 valence electrons. The zero-order valence-corrected chi connectivity index (χ0v) is 18.9. The van der Waals surface area contributed by atoms with Gasteiger partial charge in [-0.05, 0) is 61.9 Å². The van der Waals surface area contributed by atoms with E-state index in [4.69, 9.17) is 9.47 Å². The van der Waals surface area contributed by atoms with Crippen molar-refractivity contribution in [3.8, 4) is 11.5 Å². The molecule has 0 radical (unpaired) electrons. The highest BCUT2D eigenvalue weighted by atomic mass is 32.2. The van der Waals surface area contributed by atoms with Crippen molar-refractivity contribution in [2.45, 2.75) is 20.8 Å². The highest BCUT2D eigenvalue weighted by molar-refractivity contribution is 8.18. The number of carbonyl (C=O) groups is 3. The Morgan fingerprint density at radius 3 is 2.35 bits per heavy atom. The molecule has 2 aromatic carbocycles. The van der Waals surface area contributed by atoms with Crippen LogP contribution in [0.5, 0.6) is 11.5 Å². The normalized spacial score (nSPS) is 14.9. The first kappa shape index (κ1) is 22.4. The molecule has 8 heteroatoms. The van der Waals surface area contributed by atoms with E-state index >= 15 is 0 Å². The largest absolute Gasteiger partial charge is 0.497 e. The molecule has 3 amide bonds. The molecule has 7 nitrogen and oxygen atoms in total. The molecule has 0 spiro atoms. The third kappa shape index (κ3) is 4.91. The van der Waals surface area contributed by atoms with Gasteiger partial charge in [0.15, 0.2) is 0 Å². The van der Waals surface area contributed by atoms with E-state index < -0.39 is 17.1 Å². The van der Waals surface area contributed by atoms with E-state index in [2.05, 4.69) is 5.32 Å². The summed E-state index contributed by atoms with van der Waals surface area (Å²) in [6.45, 7) is 5.44. The molecule has 1 saturated heterocycles. The van der Waals surface area contributed by atoms with Gasteiger partial charge in [-0.2, -0.15) is 0 Å². The third-order valence-corrected chi connectivity index (χ3v) is 5.75. The van der Waals surface area contributed by atoms with Crippen LogP contribution >= 0.6 is 11.8 Å². The van der Waals surface area contributed by atoms with Crippen molar-refractivity contribution in [1.82, 2.24) is 4.90 Å². The Morgan fingerprint density at radius 1 is 1.06 bits per heavy atom. The van der Waals surface area contributed by atoms with Crippen molar-refractivity contribution >= 4 is 40.6 Å². The van der Waals surface area contributed by atoms with Crippen LogP contribution in [0.2, 0.25) is 0 Å². The highest BCUT2D eigenvalue weighted by Gasteiger charge is 2.36. The molecule has 0 aromatic heterocycles. The number of anilines is 1. The van der Waals surface area contributed by atoms with Crippen LogP contribution in [0.4, 0.5) is 10.5 Å². The minimum atomic E-state index is -0.514. The number of rotatable bonds is 6. The van der Waals surface area contributed by atoms with E-state index in [9.17, 15) is 14.4 Å². The second kappa shape index (κ2) is 9.26. The maximum absolute atomic E-state index is 12.8. The molecule has 0 saturated carbocycles. The standard InChI is InChI=1S/C23H24N2O5S/c1-13-8-14(2)21(15(3)9-13)24-20(26)12-25-22(27)19(31-23(25)28)10-16-6-7-17(29-4)11-18(16)30-5/h6-11H,12H2,1-5H3,(H,24,26)/b19-10+. The number of methoxy groups -OCH3 is 2. The summed E-state index contributed by atoms with van der Waals surface area (Å²) in [5.41, 5.74) is 4.27. The van der Waals surface area contributed by atoms with Gasteiger partial charge in [0.25, 0.3) is 11.1 Å². The van der Waals surface area contributed by atoms with Crippen LogP contribution in [0.25, 0.3) is 6.08 Å². The Labute approximate surface area is 185 Å². The molecular formula is C23H24N2O5S. The van der Waals surface area contributed by atoms with Gasteiger partial charge in [0.05, 0.1) is 19.1 Å². The number of thioether (sulfide) groups is 1. The molecule has 0 aliphatic carbocycles. The monoisotopic (exact) mass is 440 g/mol. The van der Waals surface area contributed by atoms with Gasteiger partial charge >= 0.3 is 0 Å². The fraction of sp³-hybridized carbons (Fsp3) is 0.261. The van der Waals surface area contributed by atoms with Gasteiger partial charge in [0.2, 0.25) is 5.91 Å². The average molecular weight is 441 g/mol. The van der Waals surface area contributed by atoms with Crippen molar-refractivity contribution in [3.05, 3.63) is 57.5 Å². The van der Waals surface area contributed by atoms with Gasteiger partial charge in [-0.1, -0.05) is 17.7 Å². The molecule has 2 aromatic rings. The molecule has 1 aliphatic heterocycles. The lowest BCUT2D eigenvalue weighted by atomic mass is 10.1. The fourth-order valence-electron chi connectivity index (χ4n) is 3.41. The topological polar surface area (TPSA) is 84.9 Å². The lowest BCUT2D eigenvalue weighted by molar-refractivity contribution is -0.127. The maximum atomic E-state index is 12.8. The minimum absolute atomic E-state index is 0.226. The van der Waals surface area contributed by atoms with Crippen LogP contribution in [0.3, 0.4) is 0 Å². The number of hydrogen-bond donors (Lipinski definition) is 1. The summed E-state index contributed by atoms with van der Waals surface area (Å²) in [6.07, 6.45) is 1.58. The van der Waals surface area contributed by atoms with Gasteiger partial charge in [-0.15, -0.1) is 0 Å². The Kier molecular flexibility index (Phi) is 6.70. The first-order valence-electron chi connectivity index (χ1n) is 9.58.